The number of carbonyl (C=O) groups is 2. The van der Waals surface area contributed by atoms with E-state index in [9.17, 15) is 18.0 Å². The van der Waals surface area contributed by atoms with Crippen molar-refractivity contribution in [2.45, 2.75) is 50.8 Å². The van der Waals surface area contributed by atoms with Gasteiger partial charge in [0.1, 0.15) is 0 Å². The van der Waals surface area contributed by atoms with E-state index in [-0.39, 0.29) is 30.8 Å². The van der Waals surface area contributed by atoms with Crippen molar-refractivity contribution < 1.29 is 18.0 Å². The molecule has 2 fully saturated rings. The van der Waals surface area contributed by atoms with Gasteiger partial charge in [-0.3, -0.25) is 9.59 Å². The highest BCUT2D eigenvalue weighted by Gasteiger charge is 2.31. The third-order valence-electron chi connectivity index (χ3n) is 6.84. The molecule has 182 valence electrons. The van der Waals surface area contributed by atoms with Gasteiger partial charge >= 0.3 is 0 Å². The van der Waals surface area contributed by atoms with E-state index in [1.54, 1.807) is 42.2 Å². The molecule has 34 heavy (non-hydrogen) atoms. The molecule has 0 spiro atoms. The number of anilines is 1. The second kappa shape index (κ2) is 10.3. The number of aryl methyl sites for hydroxylation is 2. The lowest BCUT2D eigenvalue weighted by atomic mass is 9.88. The van der Waals surface area contributed by atoms with E-state index in [4.69, 9.17) is 0 Å². The first-order chi connectivity index (χ1) is 16.3. The molecule has 1 heterocycles. The Labute approximate surface area is 202 Å². The van der Waals surface area contributed by atoms with Crippen LogP contribution < -0.4 is 5.32 Å². The lowest BCUT2D eigenvalue weighted by Crippen LogP contribution is -2.50. The van der Waals surface area contributed by atoms with E-state index in [0.717, 1.165) is 36.8 Å². The highest BCUT2D eigenvalue weighted by molar-refractivity contribution is 7.89. The topological polar surface area (TPSA) is 86.8 Å². The van der Waals surface area contributed by atoms with Crippen molar-refractivity contribution in [2.75, 3.05) is 31.5 Å². The van der Waals surface area contributed by atoms with Crippen LogP contribution in [0.1, 0.15) is 53.6 Å². The van der Waals surface area contributed by atoms with E-state index < -0.39 is 10.0 Å². The fourth-order valence-electron chi connectivity index (χ4n) is 4.78. The largest absolute Gasteiger partial charge is 0.336 e. The molecule has 1 N–H and O–H groups in total. The Hall–Kier alpha value is -2.71. The molecule has 1 aliphatic carbocycles. The molecule has 2 aromatic carbocycles. The SMILES string of the molecule is Cc1ccc(C)c(S(=O)(=O)N2CCN(C(=O)c3cccc(NC(=O)C4CCCCC4)c3)CC2)c1. The van der Waals surface area contributed by atoms with Crippen molar-refractivity contribution >= 4 is 27.5 Å². The minimum Gasteiger partial charge on any atom is -0.336 e. The number of hydrogen-bond acceptors (Lipinski definition) is 4. The number of nitrogens with one attached hydrogen (secondary N) is 1. The highest BCUT2D eigenvalue weighted by Crippen LogP contribution is 2.26. The predicted octanol–water partition coefficient (Wildman–Crippen LogP) is 3.97. The van der Waals surface area contributed by atoms with Gasteiger partial charge in [0.15, 0.2) is 0 Å². The second-order valence-electron chi connectivity index (χ2n) is 9.37. The van der Waals surface area contributed by atoms with Crippen molar-refractivity contribution in [3.05, 3.63) is 59.2 Å². The average molecular weight is 484 g/mol. The predicted molar refractivity (Wildman–Crippen MR) is 132 cm³/mol. The number of amides is 2. The lowest BCUT2D eigenvalue weighted by molar-refractivity contribution is -0.120. The van der Waals surface area contributed by atoms with Gasteiger partial charge in [0.25, 0.3) is 5.91 Å². The van der Waals surface area contributed by atoms with E-state index in [1.807, 2.05) is 19.1 Å². The van der Waals surface area contributed by atoms with E-state index in [0.29, 0.717) is 29.2 Å². The van der Waals surface area contributed by atoms with E-state index in [2.05, 4.69) is 5.32 Å². The number of carbonyl (C=O) groups excluding carboxylic acids is 2. The summed E-state index contributed by atoms with van der Waals surface area (Å²) in [5, 5.41) is 2.97. The molecule has 1 aliphatic heterocycles. The van der Waals surface area contributed by atoms with Gasteiger partial charge in [0, 0.05) is 43.3 Å². The molecular formula is C26H33N3O4S. The molecule has 0 unspecified atom stereocenters. The molecule has 0 atom stereocenters. The Morgan fingerprint density at radius 1 is 0.912 bits per heavy atom. The highest BCUT2D eigenvalue weighted by atomic mass is 32.2. The summed E-state index contributed by atoms with van der Waals surface area (Å²) in [6.45, 7) is 4.81. The summed E-state index contributed by atoms with van der Waals surface area (Å²) in [6, 6.07) is 12.4. The Morgan fingerprint density at radius 2 is 1.62 bits per heavy atom. The van der Waals surface area contributed by atoms with Crippen LogP contribution in [0.2, 0.25) is 0 Å². The van der Waals surface area contributed by atoms with Gasteiger partial charge in [-0.05, 0) is 62.1 Å². The van der Waals surface area contributed by atoms with Crippen LogP contribution in [-0.4, -0.2) is 55.6 Å². The van der Waals surface area contributed by atoms with Crippen LogP contribution in [0.25, 0.3) is 0 Å². The third kappa shape index (κ3) is 5.33. The van der Waals surface area contributed by atoms with Crippen LogP contribution >= 0.6 is 0 Å². The fourth-order valence-corrected chi connectivity index (χ4v) is 6.51. The maximum absolute atomic E-state index is 13.2. The van der Waals surface area contributed by atoms with Crippen LogP contribution in [0.15, 0.2) is 47.4 Å². The van der Waals surface area contributed by atoms with Crippen molar-refractivity contribution in [2.24, 2.45) is 5.92 Å². The molecular weight excluding hydrogens is 450 g/mol. The summed E-state index contributed by atoms with van der Waals surface area (Å²) in [7, 11) is -3.61. The number of nitrogens with zero attached hydrogens (tertiary/aromatic N) is 2. The first-order valence-electron chi connectivity index (χ1n) is 12.0. The van der Waals surface area contributed by atoms with E-state index in [1.165, 1.54) is 10.7 Å². The van der Waals surface area contributed by atoms with Gasteiger partial charge in [-0.25, -0.2) is 8.42 Å². The van der Waals surface area contributed by atoms with Crippen LogP contribution in [0.4, 0.5) is 5.69 Å². The Morgan fingerprint density at radius 3 is 2.32 bits per heavy atom. The lowest BCUT2D eigenvalue weighted by Gasteiger charge is -2.34. The second-order valence-corrected chi connectivity index (χ2v) is 11.3. The van der Waals surface area contributed by atoms with Gasteiger partial charge < -0.3 is 10.2 Å². The number of piperazine rings is 1. The number of benzene rings is 2. The van der Waals surface area contributed by atoms with Crippen molar-refractivity contribution in [1.82, 2.24) is 9.21 Å². The van der Waals surface area contributed by atoms with Gasteiger partial charge in [-0.15, -0.1) is 0 Å². The molecule has 2 aromatic rings. The summed E-state index contributed by atoms with van der Waals surface area (Å²) in [5.41, 5.74) is 2.73. The molecule has 1 saturated carbocycles. The Balaban J connectivity index is 1.39. The molecule has 2 aliphatic rings. The monoisotopic (exact) mass is 483 g/mol. The van der Waals surface area contributed by atoms with Crippen molar-refractivity contribution in [3.63, 3.8) is 0 Å². The zero-order valence-electron chi connectivity index (χ0n) is 19.9. The minimum atomic E-state index is -3.61. The average Bonchev–Trinajstić information content (AvgIpc) is 2.85. The summed E-state index contributed by atoms with van der Waals surface area (Å²) >= 11 is 0. The fraction of sp³-hybridized carbons (Fsp3) is 0.462. The third-order valence-corrected chi connectivity index (χ3v) is 8.88. The van der Waals surface area contributed by atoms with Crippen LogP contribution in [0.5, 0.6) is 0 Å². The summed E-state index contributed by atoms with van der Waals surface area (Å²) in [6.07, 6.45) is 5.19. The van der Waals surface area contributed by atoms with Gasteiger partial charge in [-0.1, -0.05) is 37.5 Å². The standard InChI is InChI=1S/C26H33N3O4S/c1-19-11-12-20(2)24(17-19)34(32,33)29-15-13-28(14-16-29)26(31)22-9-6-10-23(18-22)27-25(30)21-7-4-3-5-8-21/h6,9-12,17-18,21H,3-5,7-8,13-16H2,1-2H3,(H,27,30). The number of rotatable bonds is 5. The first kappa shape index (κ1) is 24.4. The van der Waals surface area contributed by atoms with Crippen LogP contribution in [-0.2, 0) is 14.8 Å². The maximum atomic E-state index is 13.2. The summed E-state index contributed by atoms with van der Waals surface area (Å²) in [5.74, 6) is -0.0905. The Bertz CT molecular complexity index is 1160. The minimum absolute atomic E-state index is 0.0227. The molecule has 1 saturated heterocycles. The maximum Gasteiger partial charge on any atom is 0.254 e. The van der Waals surface area contributed by atoms with Gasteiger partial charge in [0.2, 0.25) is 15.9 Å². The number of hydrogen-bond donors (Lipinski definition) is 1. The molecule has 0 aromatic heterocycles. The molecule has 4 rings (SSSR count). The zero-order valence-corrected chi connectivity index (χ0v) is 20.7. The van der Waals surface area contributed by atoms with Crippen molar-refractivity contribution in [1.29, 1.82) is 0 Å². The van der Waals surface area contributed by atoms with Crippen molar-refractivity contribution in [3.8, 4) is 0 Å². The summed E-state index contributed by atoms with van der Waals surface area (Å²) < 4.78 is 27.8. The van der Waals surface area contributed by atoms with Crippen LogP contribution in [0.3, 0.4) is 0 Å². The first-order valence-corrected chi connectivity index (χ1v) is 13.5. The van der Waals surface area contributed by atoms with E-state index >= 15 is 0 Å². The summed E-state index contributed by atoms with van der Waals surface area (Å²) in [4.78, 5) is 27.7. The molecule has 0 radical (unpaired) electrons. The number of sulfonamides is 1. The normalized spacial score (nSPS) is 18.0. The molecule has 2 amide bonds. The molecule has 8 heteroatoms. The van der Waals surface area contributed by atoms with Gasteiger partial charge in [-0.2, -0.15) is 4.31 Å². The zero-order chi connectivity index (χ0) is 24.3. The molecule has 0 bridgehead atoms. The van der Waals surface area contributed by atoms with Gasteiger partial charge in [0.05, 0.1) is 4.90 Å². The smallest absolute Gasteiger partial charge is 0.254 e. The van der Waals surface area contributed by atoms with Crippen LogP contribution in [0, 0.1) is 19.8 Å². The quantitative estimate of drug-likeness (QED) is 0.697. The molecule has 7 nitrogen and oxygen atoms in total. The Kier molecular flexibility index (Phi) is 7.38.